The molecule has 0 saturated heterocycles. The second-order valence-electron chi connectivity index (χ2n) is 8.53. The molecule has 0 N–H and O–H groups in total. The highest BCUT2D eigenvalue weighted by Crippen LogP contribution is 2.61. The molecule has 0 amide bonds. The maximum absolute atomic E-state index is 12.7. The Labute approximate surface area is 146 Å². The number of ketones is 1. The third kappa shape index (κ3) is 2.57. The van der Waals surface area contributed by atoms with Gasteiger partial charge in [-0.2, -0.15) is 0 Å². The van der Waals surface area contributed by atoms with Crippen molar-refractivity contribution in [1.29, 1.82) is 0 Å². The van der Waals surface area contributed by atoms with E-state index in [1.807, 2.05) is 6.07 Å². The van der Waals surface area contributed by atoms with E-state index in [-0.39, 0.29) is 5.78 Å². The van der Waals surface area contributed by atoms with E-state index in [0.29, 0.717) is 28.3 Å². The van der Waals surface area contributed by atoms with Gasteiger partial charge in [-0.05, 0) is 79.9 Å². The molecule has 6 rings (SSSR count). The molecule has 4 saturated carbocycles. The zero-order valence-electron chi connectivity index (χ0n) is 13.8. The van der Waals surface area contributed by atoms with E-state index in [4.69, 9.17) is 16.0 Å². The fourth-order valence-corrected chi connectivity index (χ4v) is 6.35. The minimum atomic E-state index is 0.287. The lowest BCUT2D eigenvalue weighted by molar-refractivity contribution is -0.127. The van der Waals surface area contributed by atoms with E-state index < -0.39 is 0 Å². The normalized spacial score (nSPS) is 34.1. The van der Waals surface area contributed by atoms with Gasteiger partial charge < -0.3 is 4.42 Å². The summed E-state index contributed by atoms with van der Waals surface area (Å²) in [6, 6.07) is 5.39. The fraction of sp³-hybridized carbons (Fsp3) is 0.600. The molecule has 2 aromatic rings. The monoisotopic (exact) mass is 343 g/mol. The van der Waals surface area contributed by atoms with Gasteiger partial charge in [-0.25, -0.2) is 4.98 Å². The minimum Gasteiger partial charge on any atom is -0.440 e. The van der Waals surface area contributed by atoms with Gasteiger partial charge in [-0.15, -0.1) is 0 Å². The zero-order chi connectivity index (χ0) is 16.3. The van der Waals surface area contributed by atoms with Gasteiger partial charge in [-0.3, -0.25) is 4.79 Å². The van der Waals surface area contributed by atoms with Crippen LogP contribution in [0.1, 0.15) is 50.8 Å². The number of fused-ring (bicyclic) bond motifs is 1. The Hall–Kier alpha value is -1.35. The quantitative estimate of drug-likeness (QED) is 0.766. The molecular weight excluding hydrogens is 322 g/mol. The van der Waals surface area contributed by atoms with Gasteiger partial charge in [0.15, 0.2) is 5.58 Å². The lowest BCUT2D eigenvalue weighted by Gasteiger charge is -2.56. The average Bonchev–Trinajstić information content (AvgIpc) is 2.85. The molecule has 24 heavy (non-hydrogen) atoms. The number of benzene rings is 1. The summed E-state index contributed by atoms with van der Waals surface area (Å²) in [5.74, 6) is 3.47. The van der Waals surface area contributed by atoms with Crippen LogP contribution in [0.3, 0.4) is 0 Å². The summed E-state index contributed by atoms with van der Waals surface area (Å²) in [6.45, 7) is 0. The number of rotatable bonds is 4. The van der Waals surface area contributed by atoms with Gasteiger partial charge >= 0.3 is 0 Å². The van der Waals surface area contributed by atoms with E-state index in [9.17, 15) is 4.79 Å². The highest BCUT2D eigenvalue weighted by atomic mass is 35.5. The highest BCUT2D eigenvalue weighted by Gasteiger charge is 2.51. The standard InChI is InChI=1S/C20H22ClNO2/c21-15-1-2-18-17(6-15)22-19(24-18)7-16(23)11-20-8-12-3-13(9-20)5-14(4-12)10-20/h1-2,6,12-14H,3-5,7-11H2. The number of halogens is 1. The summed E-state index contributed by atoms with van der Waals surface area (Å²) in [6.07, 6.45) is 9.09. The third-order valence-corrected chi connectivity index (χ3v) is 6.71. The Morgan fingerprint density at radius 2 is 1.83 bits per heavy atom. The van der Waals surface area contributed by atoms with Crippen molar-refractivity contribution in [3.05, 3.63) is 29.1 Å². The first kappa shape index (κ1) is 14.9. The summed E-state index contributed by atoms with van der Waals surface area (Å²) in [5, 5.41) is 0.641. The van der Waals surface area contributed by atoms with Crippen LogP contribution in [-0.2, 0) is 11.2 Å². The largest absolute Gasteiger partial charge is 0.440 e. The number of hydrogen-bond acceptors (Lipinski definition) is 3. The van der Waals surface area contributed by atoms with E-state index >= 15 is 0 Å². The lowest BCUT2D eigenvalue weighted by atomic mass is 9.48. The van der Waals surface area contributed by atoms with Crippen LogP contribution in [0, 0.1) is 23.2 Å². The van der Waals surface area contributed by atoms with Crippen molar-refractivity contribution >= 4 is 28.5 Å². The SMILES string of the molecule is O=C(Cc1nc2cc(Cl)ccc2o1)CC12CC3CC(CC(C3)C1)C2. The number of carbonyl (C=O) groups is 1. The van der Waals surface area contributed by atoms with Gasteiger partial charge in [0.2, 0.25) is 5.89 Å². The van der Waals surface area contributed by atoms with Crippen molar-refractivity contribution in [1.82, 2.24) is 4.98 Å². The molecule has 3 nitrogen and oxygen atoms in total. The molecule has 0 radical (unpaired) electrons. The lowest BCUT2D eigenvalue weighted by Crippen LogP contribution is -2.47. The van der Waals surface area contributed by atoms with E-state index in [0.717, 1.165) is 29.7 Å². The molecule has 0 atom stereocenters. The second-order valence-corrected chi connectivity index (χ2v) is 8.97. The van der Waals surface area contributed by atoms with Crippen molar-refractivity contribution in [2.24, 2.45) is 23.2 Å². The molecule has 4 fully saturated rings. The van der Waals surface area contributed by atoms with Crippen LogP contribution in [0.25, 0.3) is 11.1 Å². The molecule has 4 bridgehead atoms. The van der Waals surface area contributed by atoms with Crippen LogP contribution >= 0.6 is 11.6 Å². The number of aromatic nitrogens is 1. The van der Waals surface area contributed by atoms with Crippen LogP contribution in [0.5, 0.6) is 0 Å². The smallest absolute Gasteiger partial charge is 0.202 e. The number of oxazole rings is 1. The maximum Gasteiger partial charge on any atom is 0.202 e. The predicted molar refractivity (Wildman–Crippen MR) is 93.0 cm³/mol. The number of hydrogen-bond donors (Lipinski definition) is 0. The highest BCUT2D eigenvalue weighted by molar-refractivity contribution is 6.31. The Morgan fingerprint density at radius 3 is 2.50 bits per heavy atom. The topological polar surface area (TPSA) is 43.1 Å². The summed E-state index contributed by atoms with van der Waals surface area (Å²) in [7, 11) is 0. The Kier molecular flexibility index (Phi) is 3.31. The molecule has 1 heterocycles. The van der Waals surface area contributed by atoms with Crippen molar-refractivity contribution in [3.63, 3.8) is 0 Å². The van der Waals surface area contributed by atoms with Crippen LogP contribution in [-0.4, -0.2) is 10.8 Å². The predicted octanol–water partition coefficient (Wildman–Crippen LogP) is 5.20. The van der Waals surface area contributed by atoms with Crippen LogP contribution in [0.15, 0.2) is 22.6 Å². The molecular formula is C20H22ClNO2. The Bertz CT molecular complexity index is 774. The van der Waals surface area contributed by atoms with Gasteiger partial charge in [-0.1, -0.05) is 11.6 Å². The molecule has 4 aliphatic rings. The Balaban J connectivity index is 1.31. The van der Waals surface area contributed by atoms with E-state index in [2.05, 4.69) is 4.98 Å². The molecule has 126 valence electrons. The van der Waals surface area contributed by atoms with E-state index in [1.165, 1.54) is 38.5 Å². The van der Waals surface area contributed by atoms with Crippen molar-refractivity contribution in [3.8, 4) is 0 Å². The third-order valence-electron chi connectivity index (χ3n) is 6.48. The molecule has 0 unspecified atom stereocenters. The average molecular weight is 344 g/mol. The van der Waals surface area contributed by atoms with E-state index in [1.54, 1.807) is 12.1 Å². The molecule has 1 aromatic carbocycles. The summed E-state index contributed by atoms with van der Waals surface area (Å²) in [5.41, 5.74) is 1.73. The number of Topliss-reactive ketones (excluding diaryl/α,β-unsaturated/α-hetero) is 1. The molecule has 4 aliphatic carbocycles. The first-order valence-corrected chi connectivity index (χ1v) is 9.51. The van der Waals surface area contributed by atoms with Crippen molar-refractivity contribution < 1.29 is 9.21 Å². The summed E-state index contributed by atoms with van der Waals surface area (Å²) >= 11 is 5.99. The van der Waals surface area contributed by atoms with Gasteiger partial charge in [0.05, 0.1) is 6.42 Å². The molecule has 0 aliphatic heterocycles. The van der Waals surface area contributed by atoms with Crippen molar-refractivity contribution in [2.75, 3.05) is 0 Å². The zero-order valence-corrected chi connectivity index (χ0v) is 14.5. The van der Waals surface area contributed by atoms with Gasteiger partial charge in [0, 0.05) is 11.4 Å². The first-order chi connectivity index (χ1) is 11.6. The van der Waals surface area contributed by atoms with Crippen LogP contribution < -0.4 is 0 Å². The second kappa shape index (κ2) is 5.32. The van der Waals surface area contributed by atoms with Gasteiger partial charge in [0.25, 0.3) is 0 Å². The van der Waals surface area contributed by atoms with Crippen LogP contribution in [0.4, 0.5) is 0 Å². The maximum atomic E-state index is 12.7. The summed E-state index contributed by atoms with van der Waals surface area (Å²) in [4.78, 5) is 17.2. The van der Waals surface area contributed by atoms with Gasteiger partial charge in [0.1, 0.15) is 11.3 Å². The fourth-order valence-electron chi connectivity index (χ4n) is 6.18. The van der Waals surface area contributed by atoms with Crippen molar-refractivity contribution in [2.45, 2.75) is 51.4 Å². The number of carbonyl (C=O) groups excluding carboxylic acids is 1. The first-order valence-electron chi connectivity index (χ1n) is 9.14. The minimum absolute atomic E-state index is 0.287. The Morgan fingerprint density at radius 1 is 1.17 bits per heavy atom. The molecule has 4 heteroatoms. The summed E-state index contributed by atoms with van der Waals surface area (Å²) < 4.78 is 5.72. The molecule has 0 spiro atoms. The molecule has 1 aromatic heterocycles. The van der Waals surface area contributed by atoms with Crippen LogP contribution in [0.2, 0.25) is 5.02 Å². The number of nitrogens with zero attached hydrogens (tertiary/aromatic N) is 1.